The fraction of sp³-hybridized carbons (Fsp3) is 0.619. The van der Waals surface area contributed by atoms with Crippen molar-refractivity contribution in [1.82, 2.24) is 25.3 Å². The number of aromatic nitrogens is 4. The molecule has 2 aromatic rings. The lowest BCUT2D eigenvalue weighted by molar-refractivity contribution is -0.176. The minimum absolute atomic E-state index is 0.0914. The van der Waals surface area contributed by atoms with Gasteiger partial charge in [-0.3, -0.25) is 14.6 Å². The number of anilines is 1. The number of aryl methyl sites for hydroxylation is 1. The Morgan fingerprint density at radius 3 is 2.71 bits per heavy atom. The molecule has 0 radical (unpaired) electrons. The molecule has 0 saturated heterocycles. The normalized spacial score (nSPS) is 23.2. The van der Waals surface area contributed by atoms with E-state index in [0.717, 1.165) is 12.8 Å². The van der Waals surface area contributed by atoms with Gasteiger partial charge in [-0.15, -0.1) is 0 Å². The minimum Gasteiger partial charge on any atom is -0.443 e. The van der Waals surface area contributed by atoms with Crippen LogP contribution in [-0.4, -0.2) is 62.6 Å². The Hall–Kier alpha value is -3.16. The van der Waals surface area contributed by atoms with Gasteiger partial charge in [-0.1, -0.05) is 0 Å². The smallest absolute Gasteiger partial charge is 0.411 e. The number of hydrogen-bond acceptors (Lipinski definition) is 6. The highest BCUT2D eigenvalue weighted by molar-refractivity contribution is 6.02. The molecule has 0 aliphatic heterocycles. The molecule has 2 amide bonds. The number of ether oxygens (including phenoxy) is 2. The van der Waals surface area contributed by atoms with Crippen LogP contribution in [0, 0.1) is 0 Å². The van der Waals surface area contributed by atoms with Gasteiger partial charge in [0.2, 0.25) is 0 Å². The predicted octanol–water partition coefficient (Wildman–Crippen LogP) is 3.34. The van der Waals surface area contributed by atoms with Crippen LogP contribution in [-0.2, 0) is 23.1 Å². The second-order valence-corrected chi connectivity index (χ2v) is 9.23. The molecule has 0 spiro atoms. The highest BCUT2D eigenvalue weighted by Gasteiger charge is 2.42. The topological polar surface area (TPSA) is 123 Å². The van der Waals surface area contributed by atoms with Gasteiger partial charge in [-0.25, -0.2) is 9.18 Å². The van der Waals surface area contributed by atoms with Gasteiger partial charge in [-0.2, -0.15) is 23.4 Å². The fourth-order valence-corrected chi connectivity index (χ4v) is 3.92. The Kier molecular flexibility index (Phi) is 6.75. The first-order valence-corrected chi connectivity index (χ1v) is 11.1. The molecule has 10 nitrogen and oxygen atoms in total. The summed E-state index contributed by atoms with van der Waals surface area (Å²) in [6.45, 7) is 0.0743. The molecule has 2 saturated carbocycles. The van der Waals surface area contributed by atoms with Gasteiger partial charge in [0, 0.05) is 30.3 Å². The molecule has 3 atom stereocenters. The Morgan fingerprint density at radius 2 is 2.03 bits per heavy atom. The molecule has 0 unspecified atom stereocenters. The molecule has 0 bridgehead atoms. The summed E-state index contributed by atoms with van der Waals surface area (Å²) in [6, 6.07) is 2.88. The van der Waals surface area contributed by atoms with Crippen LogP contribution in [0.15, 0.2) is 12.1 Å². The molecular weight excluding hydrogens is 476 g/mol. The molecule has 2 heterocycles. The fourth-order valence-electron chi connectivity index (χ4n) is 3.92. The lowest BCUT2D eigenvalue weighted by Gasteiger charge is -2.17. The largest absolute Gasteiger partial charge is 0.443 e. The molecule has 2 aliphatic carbocycles. The molecule has 192 valence electrons. The third kappa shape index (κ3) is 6.50. The Balaban J connectivity index is 1.30. The number of alkyl halides is 4. The molecule has 2 fully saturated rings. The van der Waals surface area contributed by atoms with Gasteiger partial charge in [0.25, 0.3) is 5.91 Å². The highest BCUT2D eigenvalue weighted by atomic mass is 19.4. The summed E-state index contributed by atoms with van der Waals surface area (Å²) >= 11 is 0. The van der Waals surface area contributed by atoms with Crippen LogP contribution in [0.5, 0.6) is 0 Å². The molecular formula is C21H26F4N6O4. The predicted molar refractivity (Wildman–Crippen MR) is 113 cm³/mol. The number of H-pyrrole nitrogens is 1. The van der Waals surface area contributed by atoms with Crippen LogP contribution in [0.2, 0.25) is 0 Å². The summed E-state index contributed by atoms with van der Waals surface area (Å²) in [5, 5.41) is 16.1. The maximum absolute atomic E-state index is 14.5. The lowest BCUT2D eigenvalue weighted by atomic mass is 10.0. The van der Waals surface area contributed by atoms with Crippen molar-refractivity contribution in [3.8, 4) is 0 Å². The first-order valence-electron chi connectivity index (χ1n) is 11.1. The summed E-state index contributed by atoms with van der Waals surface area (Å²) in [6.07, 6.45) is -5.16. The van der Waals surface area contributed by atoms with Gasteiger partial charge < -0.3 is 20.1 Å². The number of nitrogens with one attached hydrogen (secondary N) is 3. The van der Waals surface area contributed by atoms with Crippen LogP contribution < -0.4 is 10.6 Å². The highest BCUT2D eigenvalue weighted by Crippen LogP contribution is 2.39. The van der Waals surface area contributed by atoms with E-state index in [1.54, 1.807) is 6.07 Å². The zero-order valence-electron chi connectivity index (χ0n) is 19.1. The molecule has 2 aliphatic rings. The molecule has 14 heteroatoms. The zero-order chi connectivity index (χ0) is 25.4. The van der Waals surface area contributed by atoms with Crippen molar-refractivity contribution in [2.24, 2.45) is 7.05 Å². The monoisotopic (exact) mass is 502 g/mol. The first kappa shape index (κ1) is 24.9. The lowest BCUT2D eigenvalue weighted by Crippen LogP contribution is -2.38. The average molecular weight is 502 g/mol. The van der Waals surface area contributed by atoms with E-state index in [1.807, 2.05) is 6.92 Å². The summed E-state index contributed by atoms with van der Waals surface area (Å²) < 4.78 is 62.2. The molecule has 0 aromatic carbocycles. The van der Waals surface area contributed by atoms with E-state index in [1.165, 1.54) is 17.8 Å². The van der Waals surface area contributed by atoms with Crippen molar-refractivity contribution >= 4 is 17.8 Å². The number of carbonyl (C=O) groups is 2. The van der Waals surface area contributed by atoms with Crippen LogP contribution in [0.25, 0.3) is 0 Å². The van der Waals surface area contributed by atoms with E-state index >= 15 is 0 Å². The van der Waals surface area contributed by atoms with E-state index in [-0.39, 0.29) is 41.5 Å². The van der Waals surface area contributed by atoms with Crippen LogP contribution >= 0.6 is 0 Å². The van der Waals surface area contributed by atoms with Gasteiger partial charge in [0.05, 0.1) is 12.3 Å². The zero-order valence-corrected chi connectivity index (χ0v) is 19.1. The number of alkyl carbamates (subject to hydrolysis) is 1. The number of amides is 2. The molecule has 3 N–H and O–H groups in total. The van der Waals surface area contributed by atoms with Crippen LogP contribution in [0.3, 0.4) is 0 Å². The van der Waals surface area contributed by atoms with E-state index < -0.39 is 43.7 Å². The van der Waals surface area contributed by atoms with Crippen molar-refractivity contribution < 1.29 is 36.6 Å². The molecule has 4 rings (SSSR count). The van der Waals surface area contributed by atoms with E-state index in [2.05, 4.69) is 30.7 Å². The van der Waals surface area contributed by atoms with Crippen molar-refractivity contribution in [2.75, 3.05) is 11.9 Å². The molecule has 35 heavy (non-hydrogen) atoms. The van der Waals surface area contributed by atoms with E-state index in [0.29, 0.717) is 5.69 Å². The van der Waals surface area contributed by atoms with Crippen molar-refractivity contribution in [1.29, 1.82) is 0 Å². The number of carbonyl (C=O) groups excluding carboxylic acids is 2. The van der Waals surface area contributed by atoms with E-state index in [9.17, 15) is 27.2 Å². The summed E-state index contributed by atoms with van der Waals surface area (Å²) in [7, 11) is 1.47. The van der Waals surface area contributed by atoms with Crippen LogP contribution in [0.1, 0.15) is 60.4 Å². The van der Waals surface area contributed by atoms with Gasteiger partial charge >= 0.3 is 12.3 Å². The Morgan fingerprint density at radius 1 is 1.29 bits per heavy atom. The van der Waals surface area contributed by atoms with Crippen molar-refractivity contribution in [2.45, 2.75) is 69.1 Å². The average Bonchev–Trinajstić information content (AvgIpc) is 3.09. The second-order valence-electron chi connectivity index (χ2n) is 9.23. The number of nitrogens with zero attached hydrogens (tertiary/aromatic N) is 3. The van der Waals surface area contributed by atoms with E-state index in [4.69, 9.17) is 4.74 Å². The molecule has 2 aromatic heterocycles. The maximum Gasteiger partial charge on any atom is 0.411 e. The number of hydrogen-bond donors (Lipinski definition) is 3. The standard InChI is InChI=1S/C21H26F4N6O4/c1-20(3-4-20)27-19(33)35-16-6-11(5-13(16)22)14-8-17(29-28-14)26-18(32)15-7-12(30-31(15)2)9-34-10-21(23,24)25/h7-8,11,13,16H,3-6,9-10H2,1-2H3,(H,27,33)(H2,26,28,29,32)/t11-,13+,16-/m1/s1. The maximum atomic E-state index is 14.5. The SMILES string of the molecule is Cn1nc(COCC(F)(F)F)cc1C(=O)Nc1cc([C@@H]2C[C@H](F)[C@H](OC(=O)NC3(C)CC3)C2)[nH]n1. The summed E-state index contributed by atoms with van der Waals surface area (Å²) in [4.78, 5) is 24.6. The van der Waals surface area contributed by atoms with Crippen LogP contribution in [0.4, 0.5) is 28.2 Å². The quantitative estimate of drug-likeness (QED) is 0.476. The number of halogens is 4. The first-order chi connectivity index (χ1) is 16.4. The Labute approximate surface area is 197 Å². The summed E-state index contributed by atoms with van der Waals surface area (Å²) in [5.74, 6) is -0.687. The Bertz CT molecular complexity index is 1080. The van der Waals surface area contributed by atoms with Crippen molar-refractivity contribution in [3.05, 3.63) is 29.2 Å². The number of aromatic amines is 1. The number of rotatable bonds is 8. The van der Waals surface area contributed by atoms with Gasteiger partial charge in [-0.05, 0) is 38.7 Å². The van der Waals surface area contributed by atoms with Gasteiger partial charge in [0.1, 0.15) is 24.6 Å². The third-order valence-electron chi connectivity index (χ3n) is 6.05. The second kappa shape index (κ2) is 9.47. The van der Waals surface area contributed by atoms with Gasteiger partial charge in [0.15, 0.2) is 5.82 Å². The summed E-state index contributed by atoms with van der Waals surface area (Å²) in [5.41, 5.74) is 0.570. The van der Waals surface area contributed by atoms with Crippen molar-refractivity contribution in [3.63, 3.8) is 0 Å². The third-order valence-corrected chi connectivity index (χ3v) is 6.05. The minimum atomic E-state index is -4.46.